The summed E-state index contributed by atoms with van der Waals surface area (Å²) in [5.41, 5.74) is 3.49. The molecule has 0 spiro atoms. The number of aliphatic hydroxyl groups is 2. The van der Waals surface area contributed by atoms with Crippen molar-refractivity contribution in [3.05, 3.63) is 41.0 Å². The molecule has 158 valence electrons. The minimum atomic E-state index is -3.46. The maximum atomic E-state index is 12.1. The van der Waals surface area contributed by atoms with Gasteiger partial charge in [0.25, 0.3) is 0 Å². The van der Waals surface area contributed by atoms with E-state index in [0.717, 1.165) is 41.7 Å². The van der Waals surface area contributed by atoms with Crippen molar-refractivity contribution in [1.29, 1.82) is 0 Å². The minimum absolute atomic E-state index is 0.0578. The van der Waals surface area contributed by atoms with Gasteiger partial charge in [0, 0.05) is 37.0 Å². The molecule has 5 rings (SSSR count). The molecule has 0 saturated heterocycles. The van der Waals surface area contributed by atoms with Crippen LogP contribution in [0.15, 0.2) is 23.2 Å². The van der Waals surface area contributed by atoms with Gasteiger partial charge in [-0.05, 0) is 30.5 Å². The summed E-state index contributed by atoms with van der Waals surface area (Å²) < 4.78 is 26.3. The number of hydrogen-bond acceptors (Lipinski definition) is 8. The van der Waals surface area contributed by atoms with Crippen molar-refractivity contribution in [3.8, 4) is 0 Å². The average Bonchev–Trinajstić information content (AvgIpc) is 3.52. The van der Waals surface area contributed by atoms with E-state index in [2.05, 4.69) is 14.9 Å². The molecular weight excluding hydrogens is 406 g/mol. The molecule has 2 aliphatic rings. The smallest absolute Gasteiger partial charge is 0.226 e. The molecule has 0 amide bonds. The van der Waals surface area contributed by atoms with Crippen LogP contribution < -0.4 is 4.90 Å². The molecular formula is C20H23N5O4S. The molecule has 0 atom stereocenters. The highest BCUT2D eigenvalue weighted by Gasteiger charge is 2.30. The topological polar surface area (TPSA) is 121 Å². The van der Waals surface area contributed by atoms with Gasteiger partial charge in [-0.15, -0.1) is 0 Å². The third-order valence-electron chi connectivity index (χ3n) is 5.81. The molecule has 2 N–H and O–H groups in total. The highest BCUT2D eigenvalue weighted by Crippen LogP contribution is 2.41. The summed E-state index contributed by atoms with van der Waals surface area (Å²) in [6.45, 7) is 1.37. The van der Waals surface area contributed by atoms with Crippen LogP contribution in [-0.4, -0.2) is 51.0 Å². The molecule has 2 aromatic heterocycles. The molecule has 0 unspecified atom stereocenters. The van der Waals surface area contributed by atoms with Crippen molar-refractivity contribution in [3.63, 3.8) is 0 Å². The molecule has 9 nitrogen and oxygen atoms in total. The second-order valence-electron chi connectivity index (χ2n) is 7.99. The molecule has 1 saturated carbocycles. The van der Waals surface area contributed by atoms with Gasteiger partial charge in [-0.1, -0.05) is 0 Å². The number of sulfone groups is 1. The Morgan fingerprint density at radius 3 is 2.53 bits per heavy atom. The number of aromatic nitrogens is 4. The molecule has 1 fully saturated rings. The zero-order valence-electron chi connectivity index (χ0n) is 16.6. The number of imidazole rings is 1. The average molecular weight is 430 g/mol. The number of rotatable bonds is 5. The maximum Gasteiger partial charge on any atom is 0.226 e. The molecule has 30 heavy (non-hydrogen) atoms. The fourth-order valence-electron chi connectivity index (χ4n) is 4.12. The first-order chi connectivity index (χ1) is 14.4. The van der Waals surface area contributed by atoms with E-state index in [1.165, 1.54) is 0 Å². The van der Waals surface area contributed by atoms with Crippen molar-refractivity contribution in [2.45, 2.75) is 50.0 Å². The van der Waals surface area contributed by atoms with Crippen molar-refractivity contribution < 1.29 is 18.6 Å². The summed E-state index contributed by atoms with van der Waals surface area (Å²) in [4.78, 5) is 16.1. The van der Waals surface area contributed by atoms with E-state index in [4.69, 9.17) is 4.98 Å². The van der Waals surface area contributed by atoms with Gasteiger partial charge in [-0.25, -0.2) is 23.4 Å². The van der Waals surface area contributed by atoms with Gasteiger partial charge in [0.05, 0.1) is 41.4 Å². The predicted molar refractivity (Wildman–Crippen MR) is 110 cm³/mol. The Hall–Kier alpha value is -2.56. The third-order valence-corrected chi connectivity index (χ3v) is 6.99. The quantitative estimate of drug-likeness (QED) is 0.619. The number of anilines is 1. The summed E-state index contributed by atoms with van der Waals surface area (Å²) in [7, 11) is -3.46. The molecule has 3 aromatic rings. The highest BCUT2D eigenvalue weighted by molar-refractivity contribution is 7.90. The fraction of sp³-hybridized carbons (Fsp3) is 0.450. The lowest BCUT2D eigenvalue weighted by molar-refractivity contribution is 0.278. The molecule has 1 aliphatic carbocycles. The molecule has 0 radical (unpaired) electrons. The van der Waals surface area contributed by atoms with Gasteiger partial charge >= 0.3 is 0 Å². The zero-order valence-corrected chi connectivity index (χ0v) is 17.4. The van der Waals surface area contributed by atoms with Crippen LogP contribution in [0.2, 0.25) is 0 Å². The summed E-state index contributed by atoms with van der Waals surface area (Å²) in [5, 5.41) is 19.2. The molecule has 10 heteroatoms. The van der Waals surface area contributed by atoms with Gasteiger partial charge < -0.3 is 19.7 Å². The second-order valence-corrected chi connectivity index (χ2v) is 9.98. The normalized spacial score (nSPS) is 16.8. The number of benzene rings is 1. The van der Waals surface area contributed by atoms with Crippen molar-refractivity contribution >= 4 is 26.8 Å². The Kier molecular flexibility index (Phi) is 4.53. The van der Waals surface area contributed by atoms with E-state index in [-0.39, 0.29) is 18.1 Å². The first kappa shape index (κ1) is 19.4. The number of fused-ring (bicyclic) bond motifs is 3. The zero-order chi connectivity index (χ0) is 21.0. The standard InChI is InChI=1S/C20H23N5O4S/c1-30(28,29)17-7-16-15(6-13(17)10-26)22-18-9-24(4-5-25(16)18)20-21-8-14(11-27)19(23-20)12-2-3-12/h6-8,12,26-27H,2-5,9-11H2,1H3. The van der Waals surface area contributed by atoms with E-state index >= 15 is 0 Å². The van der Waals surface area contributed by atoms with E-state index in [9.17, 15) is 18.6 Å². The number of aliphatic hydroxyl groups excluding tert-OH is 2. The number of hydrogen-bond donors (Lipinski definition) is 2. The van der Waals surface area contributed by atoms with Crippen LogP contribution in [0.1, 0.15) is 41.4 Å². The lowest BCUT2D eigenvalue weighted by Crippen LogP contribution is -2.35. The van der Waals surface area contributed by atoms with Crippen LogP contribution in [0.5, 0.6) is 0 Å². The van der Waals surface area contributed by atoms with E-state index < -0.39 is 9.84 Å². The Morgan fingerprint density at radius 2 is 1.87 bits per heavy atom. The molecule has 1 aliphatic heterocycles. The largest absolute Gasteiger partial charge is 0.392 e. The van der Waals surface area contributed by atoms with Crippen LogP contribution in [-0.2, 0) is 36.1 Å². The monoisotopic (exact) mass is 429 g/mol. The predicted octanol–water partition coefficient (Wildman–Crippen LogP) is 1.11. The van der Waals surface area contributed by atoms with Crippen LogP contribution in [0.3, 0.4) is 0 Å². The first-order valence-corrected chi connectivity index (χ1v) is 11.8. The summed E-state index contributed by atoms with van der Waals surface area (Å²) >= 11 is 0. The van der Waals surface area contributed by atoms with E-state index in [0.29, 0.717) is 42.6 Å². The van der Waals surface area contributed by atoms with Crippen LogP contribution in [0.4, 0.5) is 5.95 Å². The molecule has 0 bridgehead atoms. The Morgan fingerprint density at radius 1 is 1.10 bits per heavy atom. The summed E-state index contributed by atoms with van der Waals surface area (Å²) in [6, 6.07) is 3.26. The Balaban J connectivity index is 1.52. The van der Waals surface area contributed by atoms with Gasteiger partial charge in [-0.3, -0.25) is 0 Å². The van der Waals surface area contributed by atoms with E-state index in [1.807, 2.05) is 4.57 Å². The van der Waals surface area contributed by atoms with Crippen LogP contribution >= 0.6 is 0 Å². The Bertz CT molecular complexity index is 1250. The molecule has 3 heterocycles. The van der Waals surface area contributed by atoms with Crippen molar-refractivity contribution in [1.82, 2.24) is 19.5 Å². The van der Waals surface area contributed by atoms with Gasteiger partial charge in [-0.2, -0.15) is 0 Å². The fourth-order valence-corrected chi connectivity index (χ4v) is 5.05. The lowest BCUT2D eigenvalue weighted by atomic mass is 10.2. The summed E-state index contributed by atoms with van der Waals surface area (Å²) in [5.74, 6) is 1.84. The summed E-state index contributed by atoms with van der Waals surface area (Å²) in [6.07, 6.45) is 5.04. The molecule has 1 aromatic carbocycles. The van der Waals surface area contributed by atoms with Crippen molar-refractivity contribution in [2.75, 3.05) is 17.7 Å². The van der Waals surface area contributed by atoms with Gasteiger partial charge in [0.2, 0.25) is 5.95 Å². The minimum Gasteiger partial charge on any atom is -0.392 e. The Labute approximate surface area is 173 Å². The van der Waals surface area contributed by atoms with Crippen molar-refractivity contribution in [2.24, 2.45) is 0 Å². The SMILES string of the molecule is CS(=O)(=O)c1cc2c(cc1CO)nc1n2CCN(c2ncc(CO)c(C3CC3)n2)C1. The van der Waals surface area contributed by atoms with Crippen LogP contribution in [0.25, 0.3) is 11.0 Å². The van der Waals surface area contributed by atoms with E-state index in [1.54, 1.807) is 18.3 Å². The number of nitrogens with zero attached hydrogens (tertiary/aromatic N) is 5. The van der Waals surface area contributed by atoms with Gasteiger partial charge in [0.15, 0.2) is 9.84 Å². The third kappa shape index (κ3) is 3.24. The van der Waals surface area contributed by atoms with Crippen LogP contribution in [0, 0.1) is 0 Å². The highest BCUT2D eigenvalue weighted by atomic mass is 32.2. The second kappa shape index (κ2) is 7.00. The first-order valence-electron chi connectivity index (χ1n) is 9.93. The maximum absolute atomic E-state index is 12.1. The lowest BCUT2D eigenvalue weighted by Gasteiger charge is -2.28. The van der Waals surface area contributed by atoms with Gasteiger partial charge in [0.1, 0.15) is 5.82 Å².